The lowest BCUT2D eigenvalue weighted by atomic mass is 9.78. The van der Waals surface area contributed by atoms with Gasteiger partial charge in [0.2, 0.25) is 17.5 Å². The van der Waals surface area contributed by atoms with Crippen molar-refractivity contribution in [1.82, 2.24) is 4.90 Å². The Kier molecular flexibility index (Phi) is 5.58. The van der Waals surface area contributed by atoms with Gasteiger partial charge in [-0.15, -0.1) is 0 Å². The van der Waals surface area contributed by atoms with Gasteiger partial charge in [0.1, 0.15) is 0 Å². The van der Waals surface area contributed by atoms with Gasteiger partial charge in [-0.05, 0) is 76.0 Å². The molecule has 32 heavy (non-hydrogen) atoms. The Balaban J connectivity index is 1.31. The Hall–Kier alpha value is -2.59. The lowest BCUT2D eigenvalue weighted by Crippen LogP contribution is -2.50. The van der Waals surface area contributed by atoms with Crippen molar-refractivity contribution in [2.45, 2.75) is 69.9 Å². The minimum absolute atomic E-state index is 0.0393. The Bertz CT molecular complexity index is 945. The summed E-state index contributed by atoms with van der Waals surface area (Å²) in [4.78, 5) is 33.7. The van der Waals surface area contributed by atoms with Gasteiger partial charge in [-0.3, -0.25) is 9.59 Å². The maximum Gasteiger partial charge on any atom is 0.230 e. The molecule has 4 aliphatic rings. The molecule has 2 amide bonds. The van der Waals surface area contributed by atoms with Crippen molar-refractivity contribution in [3.63, 3.8) is 0 Å². The number of benzene rings is 1. The fourth-order valence-electron chi connectivity index (χ4n) is 5.83. The predicted molar refractivity (Wildman–Crippen MR) is 123 cm³/mol. The van der Waals surface area contributed by atoms with Crippen LogP contribution in [0, 0.1) is 17.9 Å². The Morgan fingerprint density at radius 2 is 1.91 bits per heavy atom. The van der Waals surface area contributed by atoms with Gasteiger partial charge in [-0.2, -0.15) is 0 Å². The van der Waals surface area contributed by atoms with Gasteiger partial charge in [0.25, 0.3) is 0 Å². The molecule has 4 fully saturated rings. The molecule has 0 bridgehead atoms. The summed E-state index contributed by atoms with van der Waals surface area (Å²) in [6.07, 6.45) is 7.72. The zero-order valence-electron chi connectivity index (χ0n) is 18.6. The summed E-state index contributed by atoms with van der Waals surface area (Å²) in [7, 11) is 0. The molecule has 1 spiro atoms. The van der Waals surface area contributed by atoms with Crippen LogP contribution in [0.1, 0.15) is 57.8 Å². The van der Waals surface area contributed by atoms with Crippen molar-refractivity contribution < 1.29 is 14.7 Å². The largest absolute Gasteiger partial charge is 0.393 e. The second-order valence-electron chi connectivity index (χ2n) is 10.1. The summed E-state index contributed by atoms with van der Waals surface area (Å²) in [6.45, 7) is 9.97. The molecule has 1 atom stereocenters. The smallest absolute Gasteiger partial charge is 0.230 e. The number of piperidine rings is 1. The average Bonchev–Trinajstić information content (AvgIpc) is 3.61. The second kappa shape index (κ2) is 8.40. The zero-order valence-corrected chi connectivity index (χ0v) is 18.6. The highest BCUT2D eigenvalue weighted by molar-refractivity contribution is 5.95. The van der Waals surface area contributed by atoms with E-state index in [0.29, 0.717) is 17.9 Å². The number of carbonyl (C=O) groups is 2. The summed E-state index contributed by atoms with van der Waals surface area (Å²) in [5.74, 6) is 0.426. The van der Waals surface area contributed by atoms with Crippen molar-refractivity contribution >= 4 is 28.9 Å². The first kappa shape index (κ1) is 21.3. The molecule has 2 aliphatic heterocycles. The van der Waals surface area contributed by atoms with Gasteiger partial charge in [0, 0.05) is 43.0 Å². The van der Waals surface area contributed by atoms with Gasteiger partial charge in [0.05, 0.1) is 18.1 Å². The van der Waals surface area contributed by atoms with Crippen LogP contribution in [0.3, 0.4) is 0 Å². The van der Waals surface area contributed by atoms with Crippen molar-refractivity contribution in [2.24, 2.45) is 11.3 Å². The highest BCUT2D eigenvalue weighted by Gasteiger charge is 2.50. The molecule has 0 unspecified atom stereocenters. The molecular formula is C25H32N4O3. The lowest BCUT2D eigenvalue weighted by Gasteiger charge is -2.42. The van der Waals surface area contributed by atoms with E-state index < -0.39 is 0 Å². The molecule has 2 N–H and O–H groups in total. The second-order valence-corrected chi connectivity index (χ2v) is 10.1. The molecule has 2 heterocycles. The third-order valence-electron chi connectivity index (χ3n) is 7.88. The third kappa shape index (κ3) is 3.97. The maximum atomic E-state index is 13.6. The first-order valence-corrected chi connectivity index (χ1v) is 12.1. The standard InChI is InChI=1S/C25H32N4O3/c1-26-21-15-18(27-23(31)17-3-4-17)5-10-22(21)28-13-2-11-25(16-28)12-14-29(24(25)32)19-6-8-20(30)9-7-19/h5,10,15,17,19-20,30H,2-4,6-9,11-14,16H2,(H,27,31)/t19-,20-,25-/m0/s1. The van der Waals surface area contributed by atoms with Crippen LogP contribution in [-0.2, 0) is 9.59 Å². The molecule has 0 aromatic heterocycles. The summed E-state index contributed by atoms with van der Waals surface area (Å²) < 4.78 is 0. The quantitative estimate of drug-likeness (QED) is 0.706. The van der Waals surface area contributed by atoms with Crippen LogP contribution < -0.4 is 10.2 Å². The van der Waals surface area contributed by atoms with Crippen LogP contribution in [0.5, 0.6) is 0 Å². The van der Waals surface area contributed by atoms with E-state index in [2.05, 4.69) is 20.0 Å². The molecule has 5 rings (SSSR count). The number of hydrogen-bond donors (Lipinski definition) is 2. The molecule has 7 heteroatoms. The van der Waals surface area contributed by atoms with E-state index in [4.69, 9.17) is 6.57 Å². The van der Waals surface area contributed by atoms with E-state index in [-0.39, 0.29) is 35.3 Å². The number of rotatable bonds is 4. The zero-order chi connectivity index (χ0) is 22.3. The minimum Gasteiger partial charge on any atom is -0.393 e. The number of aliphatic hydroxyl groups excluding tert-OH is 1. The SMILES string of the molecule is [C-]#[N+]c1cc(NC(=O)C2CC2)ccc1N1CCC[C@]2(CCN([C@H]3CC[C@H](O)CC3)C2=O)C1. The number of anilines is 2. The van der Waals surface area contributed by atoms with Crippen LogP contribution in [0.25, 0.3) is 4.85 Å². The summed E-state index contributed by atoms with van der Waals surface area (Å²) in [5.41, 5.74) is 1.69. The van der Waals surface area contributed by atoms with E-state index >= 15 is 0 Å². The summed E-state index contributed by atoms with van der Waals surface area (Å²) >= 11 is 0. The maximum absolute atomic E-state index is 13.6. The number of amides is 2. The highest BCUT2D eigenvalue weighted by Crippen LogP contribution is 2.45. The van der Waals surface area contributed by atoms with Gasteiger partial charge in [-0.25, -0.2) is 4.85 Å². The molecule has 7 nitrogen and oxygen atoms in total. The van der Waals surface area contributed by atoms with Crippen LogP contribution >= 0.6 is 0 Å². The number of aliphatic hydroxyl groups is 1. The van der Waals surface area contributed by atoms with Crippen LogP contribution in [0.2, 0.25) is 0 Å². The van der Waals surface area contributed by atoms with Crippen molar-refractivity contribution in [2.75, 3.05) is 29.9 Å². The number of nitrogens with zero attached hydrogens (tertiary/aromatic N) is 3. The van der Waals surface area contributed by atoms with Crippen LogP contribution in [0.4, 0.5) is 17.1 Å². The van der Waals surface area contributed by atoms with Gasteiger partial charge < -0.3 is 20.2 Å². The van der Waals surface area contributed by atoms with Crippen molar-refractivity contribution in [3.8, 4) is 0 Å². The first-order valence-electron chi connectivity index (χ1n) is 12.1. The van der Waals surface area contributed by atoms with Crippen LogP contribution in [0.15, 0.2) is 18.2 Å². The van der Waals surface area contributed by atoms with E-state index in [9.17, 15) is 14.7 Å². The van der Waals surface area contributed by atoms with E-state index in [1.54, 1.807) is 6.07 Å². The molecule has 170 valence electrons. The molecular weight excluding hydrogens is 404 g/mol. The Morgan fingerprint density at radius 1 is 1.12 bits per heavy atom. The predicted octanol–water partition coefficient (Wildman–Crippen LogP) is 3.71. The van der Waals surface area contributed by atoms with Crippen molar-refractivity contribution in [1.29, 1.82) is 0 Å². The minimum atomic E-state index is -0.369. The van der Waals surface area contributed by atoms with Crippen molar-refractivity contribution in [3.05, 3.63) is 29.6 Å². The monoisotopic (exact) mass is 436 g/mol. The van der Waals surface area contributed by atoms with E-state index in [1.807, 2.05) is 12.1 Å². The topological polar surface area (TPSA) is 77.2 Å². The molecule has 0 radical (unpaired) electrons. The number of carbonyl (C=O) groups excluding carboxylic acids is 2. The molecule has 2 aliphatic carbocycles. The number of hydrogen-bond acceptors (Lipinski definition) is 4. The molecule has 2 saturated heterocycles. The number of nitrogens with one attached hydrogen (secondary N) is 1. The molecule has 1 aromatic carbocycles. The van der Waals surface area contributed by atoms with Crippen LogP contribution in [-0.4, -0.2) is 53.6 Å². The highest BCUT2D eigenvalue weighted by atomic mass is 16.3. The molecule has 2 saturated carbocycles. The fraction of sp³-hybridized carbons (Fsp3) is 0.640. The average molecular weight is 437 g/mol. The Labute approximate surface area is 189 Å². The van der Waals surface area contributed by atoms with E-state index in [0.717, 1.165) is 76.6 Å². The fourth-order valence-corrected chi connectivity index (χ4v) is 5.83. The Morgan fingerprint density at radius 3 is 2.62 bits per heavy atom. The number of likely N-dealkylation sites (tertiary alicyclic amines) is 1. The molecule has 1 aromatic rings. The lowest BCUT2D eigenvalue weighted by molar-refractivity contribution is -0.139. The first-order chi connectivity index (χ1) is 15.5. The summed E-state index contributed by atoms with van der Waals surface area (Å²) in [5, 5.41) is 12.8. The van der Waals surface area contributed by atoms with E-state index in [1.165, 1.54) is 0 Å². The summed E-state index contributed by atoms with van der Waals surface area (Å²) in [6, 6.07) is 5.82. The normalized spacial score (nSPS) is 30.4. The van der Waals surface area contributed by atoms with Gasteiger partial charge >= 0.3 is 0 Å². The van der Waals surface area contributed by atoms with Gasteiger partial charge in [0.15, 0.2) is 0 Å². The van der Waals surface area contributed by atoms with Gasteiger partial charge in [-0.1, -0.05) is 0 Å². The third-order valence-corrected chi connectivity index (χ3v) is 7.88.